The molecule has 1 saturated heterocycles. The van der Waals surface area contributed by atoms with Gasteiger partial charge in [0.15, 0.2) is 0 Å². The van der Waals surface area contributed by atoms with Gasteiger partial charge in [-0.15, -0.1) is 10.2 Å². The molecule has 2 rings (SSSR count). The Labute approximate surface area is 118 Å². The maximum Gasteiger partial charge on any atom is 0.146 e. The van der Waals surface area contributed by atoms with Crippen LogP contribution in [0.5, 0.6) is 0 Å². The number of aryl methyl sites for hydroxylation is 1. The third kappa shape index (κ3) is 4.49. The molecule has 1 N–H and O–H groups in total. The molecule has 0 amide bonds. The molecule has 2 heterocycles. The molecule has 1 aliphatic rings. The van der Waals surface area contributed by atoms with Gasteiger partial charge in [-0.25, -0.2) is 0 Å². The van der Waals surface area contributed by atoms with Crippen molar-refractivity contribution in [3.05, 3.63) is 10.0 Å². The van der Waals surface area contributed by atoms with Gasteiger partial charge < -0.3 is 14.8 Å². The fourth-order valence-corrected chi connectivity index (χ4v) is 3.23. The SMILES string of the molecule is COCCNCCCc1nnc(C2OCCC2C)s1. The monoisotopic (exact) mass is 285 g/mol. The van der Waals surface area contributed by atoms with Gasteiger partial charge in [-0.1, -0.05) is 18.3 Å². The van der Waals surface area contributed by atoms with E-state index in [1.807, 2.05) is 0 Å². The summed E-state index contributed by atoms with van der Waals surface area (Å²) in [6.07, 6.45) is 3.37. The third-order valence-electron chi connectivity index (χ3n) is 3.34. The lowest BCUT2D eigenvalue weighted by Gasteiger charge is -2.09. The van der Waals surface area contributed by atoms with Gasteiger partial charge in [-0.05, 0) is 25.3 Å². The molecule has 2 unspecified atom stereocenters. The molecule has 0 radical (unpaired) electrons. The van der Waals surface area contributed by atoms with Gasteiger partial charge in [0.25, 0.3) is 0 Å². The highest BCUT2D eigenvalue weighted by atomic mass is 32.1. The summed E-state index contributed by atoms with van der Waals surface area (Å²) in [7, 11) is 1.72. The quantitative estimate of drug-likeness (QED) is 0.738. The maximum atomic E-state index is 5.72. The summed E-state index contributed by atoms with van der Waals surface area (Å²) in [4.78, 5) is 0. The zero-order valence-electron chi connectivity index (χ0n) is 11.7. The smallest absolute Gasteiger partial charge is 0.146 e. The van der Waals surface area contributed by atoms with Crippen LogP contribution in [-0.2, 0) is 15.9 Å². The highest BCUT2D eigenvalue weighted by Gasteiger charge is 2.28. The predicted octanol–water partition coefficient (Wildman–Crippen LogP) is 1.80. The fourth-order valence-electron chi connectivity index (χ4n) is 2.16. The van der Waals surface area contributed by atoms with Crippen LogP contribution in [0, 0.1) is 5.92 Å². The summed E-state index contributed by atoms with van der Waals surface area (Å²) in [5.41, 5.74) is 0. The lowest BCUT2D eigenvalue weighted by molar-refractivity contribution is 0.0937. The lowest BCUT2D eigenvalue weighted by atomic mass is 10.1. The minimum absolute atomic E-state index is 0.172. The van der Waals surface area contributed by atoms with Crippen molar-refractivity contribution in [1.29, 1.82) is 0 Å². The highest BCUT2D eigenvalue weighted by Crippen LogP contribution is 2.35. The molecule has 2 atom stereocenters. The normalized spacial score (nSPS) is 23.1. The lowest BCUT2D eigenvalue weighted by Crippen LogP contribution is -2.20. The minimum atomic E-state index is 0.172. The van der Waals surface area contributed by atoms with Gasteiger partial charge in [-0.3, -0.25) is 0 Å². The van der Waals surface area contributed by atoms with Crippen molar-refractivity contribution >= 4 is 11.3 Å². The topological polar surface area (TPSA) is 56.3 Å². The maximum absolute atomic E-state index is 5.72. The first kappa shape index (κ1) is 14.8. The molecule has 0 bridgehead atoms. The molecule has 1 aromatic heterocycles. The summed E-state index contributed by atoms with van der Waals surface area (Å²) in [5.74, 6) is 0.566. The van der Waals surface area contributed by atoms with Crippen molar-refractivity contribution in [3.63, 3.8) is 0 Å². The summed E-state index contributed by atoms with van der Waals surface area (Å²) in [6.45, 7) is 5.74. The number of aromatic nitrogens is 2. The highest BCUT2D eigenvalue weighted by molar-refractivity contribution is 7.11. The van der Waals surface area contributed by atoms with Crippen molar-refractivity contribution in [2.45, 2.75) is 32.3 Å². The first-order valence-electron chi connectivity index (χ1n) is 6.95. The molecule has 1 fully saturated rings. The number of ether oxygens (including phenoxy) is 2. The van der Waals surface area contributed by atoms with Gasteiger partial charge in [0, 0.05) is 26.7 Å². The Morgan fingerprint density at radius 2 is 2.32 bits per heavy atom. The van der Waals surface area contributed by atoms with Gasteiger partial charge >= 0.3 is 0 Å². The van der Waals surface area contributed by atoms with E-state index in [0.717, 1.165) is 55.6 Å². The second-order valence-electron chi connectivity index (χ2n) is 4.94. The molecule has 6 heteroatoms. The molecule has 1 aromatic rings. The minimum Gasteiger partial charge on any atom is -0.383 e. The van der Waals surface area contributed by atoms with E-state index in [0.29, 0.717) is 5.92 Å². The van der Waals surface area contributed by atoms with E-state index in [-0.39, 0.29) is 6.10 Å². The van der Waals surface area contributed by atoms with E-state index >= 15 is 0 Å². The van der Waals surface area contributed by atoms with Gasteiger partial charge in [0.05, 0.1) is 6.61 Å². The number of hydrogen-bond donors (Lipinski definition) is 1. The molecule has 0 spiro atoms. The molecular formula is C13H23N3O2S. The Kier molecular flexibility index (Phi) is 6.16. The van der Waals surface area contributed by atoms with E-state index in [1.165, 1.54) is 0 Å². The fraction of sp³-hybridized carbons (Fsp3) is 0.846. The van der Waals surface area contributed by atoms with Crippen LogP contribution in [0.2, 0.25) is 0 Å². The Morgan fingerprint density at radius 1 is 1.42 bits per heavy atom. The average molecular weight is 285 g/mol. The molecule has 0 saturated carbocycles. The number of hydrogen-bond acceptors (Lipinski definition) is 6. The Morgan fingerprint density at radius 3 is 3.05 bits per heavy atom. The van der Waals surface area contributed by atoms with Crippen LogP contribution >= 0.6 is 11.3 Å². The average Bonchev–Trinajstić information content (AvgIpc) is 3.02. The Bertz CT molecular complexity index is 373. The van der Waals surface area contributed by atoms with Crippen molar-refractivity contribution in [3.8, 4) is 0 Å². The zero-order valence-corrected chi connectivity index (χ0v) is 12.5. The molecular weight excluding hydrogens is 262 g/mol. The van der Waals surface area contributed by atoms with Gasteiger partial charge in [-0.2, -0.15) is 0 Å². The van der Waals surface area contributed by atoms with E-state index < -0.39 is 0 Å². The molecule has 1 aliphatic heterocycles. The third-order valence-corrected chi connectivity index (χ3v) is 4.38. The van der Waals surface area contributed by atoms with E-state index in [4.69, 9.17) is 9.47 Å². The van der Waals surface area contributed by atoms with E-state index in [9.17, 15) is 0 Å². The van der Waals surface area contributed by atoms with Crippen LogP contribution in [0.1, 0.15) is 35.9 Å². The van der Waals surface area contributed by atoms with Crippen LogP contribution in [0.3, 0.4) is 0 Å². The summed E-state index contributed by atoms with van der Waals surface area (Å²) >= 11 is 1.70. The van der Waals surface area contributed by atoms with E-state index in [2.05, 4.69) is 22.4 Å². The molecule has 0 aliphatic carbocycles. The largest absolute Gasteiger partial charge is 0.383 e. The van der Waals surface area contributed by atoms with Crippen LogP contribution in [0.25, 0.3) is 0 Å². The number of nitrogens with one attached hydrogen (secondary N) is 1. The molecule has 19 heavy (non-hydrogen) atoms. The van der Waals surface area contributed by atoms with Crippen molar-refractivity contribution in [1.82, 2.24) is 15.5 Å². The van der Waals surface area contributed by atoms with Crippen molar-refractivity contribution < 1.29 is 9.47 Å². The van der Waals surface area contributed by atoms with Crippen LogP contribution in [0.4, 0.5) is 0 Å². The standard InChI is InChI=1S/C13H23N3O2S/c1-10-5-8-18-12(10)13-16-15-11(19-13)4-3-6-14-7-9-17-2/h10,12,14H,3-9H2,1-2H3. The second kappa shape index (κ2) is 7.89. The Balaban J connectivity index is 1.69. The first-order valence-corrected chi connectivity index (χ1v) is 7.76. The summed E-state index contributed by atoms with van der Waals surface area (Å²) in [6, 6.07) is 0. The van der Waals surface area contributed by atoms with Gasteiger partial charge in [0.2, 0.25) is 0 Å². The molecule has 0 aromatic carbocycles. The second-order valence-corrected chi connectivity index (χ2v) is 6.03. The molecule has 5 nitrogen and oxygen atoms in total. The number of rotatable bonds is 8. The van der Waals surface area contributed by atoms with E-state index in [1.54, 1.807) is 18.4 Å². The Hall–Kier alpha value is -0.560. The van der Waals surface area contributed by atoms with Crippen LogP contribution < -0.4 is 5.32 Å². The summed E-state index contributed by atoms with van der Waals surface area (Å²) in [5, 5.41) is 14.0. The van der Waals surface area contributed by atoms with Crippen LogP contribution in [0.15, 0.2) is 0 Å². The first-order chi connectivity index (χ1) is 9.31. The van der Waals surface area contributed by atoms with Crippen molar-refractivity contribution in [2.24, 2.45) is 5.92 Å². The molecule has 108 valence electrons. The number of methoxy groups -OCH3 is 1. The van der Waals surface area contributed by atoms with Crippen molar-refractivity contribution in [2.75, 3.05) is 33.4 Å². The van der Waals surface area contributed by atoms with Gasteiger partial charge in [0.1, 0.15) is 16.1 Å². The predicted molar refractivity (Wildman–Crippen MR) is 75.4 cm³/mol. The summed E-state index contributed by atoms with van der Waals surface area (Å²) < 4.78 is 10.7. The number of nitrogens with zero attached hydrogens (tertiary/aromatic N) is 2. The van der Waals surface area contributed by atoms with Crippen LogP contribution in [-0.4, -0.2) is 43.6 Å². The zero-order chi connectivity index (χ0) is 13.5.